The molecule has 0 bridgehead atoms. The van der Waals surface area contributed by atoms with Crippen LogP contribution in [-0.4, -0.2) is 38.2 Å². The quantitative estimate of drug-likeness (QED) is 0.524. The van der Waals surface area contributed by atoms with Gasteiger partial charge in [0.15, 0.2) is 0 Å². The van der Waals surface area contributed by atoms with Crippen LogP contribution in [0.1, 0.15) is 30.6 Å². The molecule has 0 saturated heterocycles. The molecule has 0 spiro atoms. The first-order valence-electron chi connectivity index (χ1n) is 5.63. The molecular weight excluding hydrogens is 254 g/mol. The summed E-state index contributed by atoms with van der Waals surface area (Å²) in [5, 5.41) is 31.6. The van der Waals surface area contributed by atoms with Crippen LogP contribution in [0.25, 0.3) is 0 Å². The number of carboxylic acids is 1. The summed E-state index contributed by atoms with van der Waals surface area (Å²) in [6.07, 6.45) is 0.843. The Balaban J connectivity index is 3.00. The van der Waals surface area contributed by atoms with Gasteiger partial charge in [0.25, 0.3) is 5.69 Å². The van der Waals surface area contributed by atoms with E-state index in [0.717, 1.165) is 12.3 Å². The molecular formula is C11H15N3O5. The fourth-order valence-corrected chi connectivity index (χ4v) is 1.64. The summed E-state index contributed by atoms with van der Waals surface area (Å²) >= 11 is 0. The number of pyridine rings is 1. The molecule has 2 atom stereocenters. The van der Waals surface area contributed by atoms with Crippen LogP contribution in [0.3, 0.4) is 0 Å². The number of aliphatic hydroxyl groups is 1. The number of carbonyl (C=O) groups is 1. The lowest BCUT2D eigenvalue weighted by Gasteiger charge is -2.17. The van der Waals surface area contributed by atoms with Crippen molar-refractivity contribution in [1.82, 2.24) is 4.98 Å². The van der Waals surface area contributed by atoms with Crippen molar-refractivity contribution < 1.29 is 19.9 Å². The standard InChI is InChI=1S/C11H15N3O5/c1-6(3-7(2)15)13-10-9(11(16)17)4-8(5-12-10)14(18)19/h4-7,15H,3H2,1-2H3,(H,12,13)(H,16,17). The normalized spacial score (nSPS) is 13.6. The summed E-state index contributed by atoms with van der Waals surface area (Å²) in [4.78, 5) is 24.7. The largest absolute Gasteiger partial charge is 0.478 e. The first-order valence-corrected chi connectivity index (χ1v) is 5.63. The fraction of sp³-hybridized carbons (Fsp3) is 0.455. The van der Waals surface area contributed by atoms with E-state index in [0.29, 0.717) is 6.42 Å². The smallest absolute Gasteiger partial charge is 0.339 e. The lowest BCUT2D eigenvalue weighted by Crippen LogP contribution is -2.22. The molecule has 0 aromatic carbocycles. The second-order valence-corrected chi connectivity index (χ2v) is 4.28. The zero-order valence-electron chi connectivity index (χ0n) is 10.5. The van der Waals surface area contributed by atoms with Gasteiger partial charge in [0.1, 0.15) is 17.6 Å². The van der Waals surface area contributed by atoms with Crippen LogP contribution in [0.5, 0.6) is 0 Å². The summed E-state index contributed by atoms with van der Waals surface area (Å²) in [5.41, 5.74) is -0.655. The molecule has 2 unspecified atom stereocenters. The van der Waals surface area contributed by atoms with Crippen LogP contribution in [0.2, 0.25) is 0 Å². The van der Waals surface area contributed by atoms with Gasteiger partial charge in [0.05, 0.1) is 11.0 Å². The third kappa shape index (κ3) is 4.18. The van der Waals surface area contributed by atoms with Crippen molar-refractivity contribution in [2.75, 3.05) is 5.32 Å². The third-order valence-corrected chi connectivity index (χ3v) is 2.39. The second-order valence-electron chi connectivity index (χ2n) is 4.28. The molecule has 0 amide bonds. The van der Waals surface area contributed by atoms with E-state index >= 15 is 0 Å². The van der Waals surface area contributed by atoms with Crippen molar-refractivity contribution >= 4 is 17.5 Å². The summed E-state index contributed by atoms with van der Waals surface area (Å²) in [6, 6.07) is 0.735. The van der Waals surface area contributed by atoms with Crippen molar-refractivity contribution in [1.29, 1.82) is 0 Å². The van der Waals surface area contributed by atoms with E-state index in [9.17, 15) is 20.0 Å². The van der Waals surface area contributed by atoms with Gasteiger partial charge in [0, 0.05) is 12.1 Å². The molecule has 1 aromatic rings. The molecule has 0 aliphatic rings. The van der Waals surface area contributed by atoms with Gasteiger partial charge in [-0.15, -0.1) is 0 Å². The van der Waals surface area contributed by atoms with E-state index in [-0.39, 0.29) is 23.1 Å². The number of nitrogens with zero attached hydrogens (tertiary/aromatic N) is 2. The highest BCUT2D eigenvalue weighted by molar-refractivity contribution is 5.93. The summed E-state index contributed by atoms with van der Waals surface area (Å²) in [7, 11) is 0. The van der Waals surface area contributed by atoms with Gasteiger partial charge in [0.2, 0.25) is 0 Å². The fourth-order valence-electron chi connectivity index (χ4n) is 1.64. The Hall–Kier alpha value is -2.22. The predicted octanol–water partition coefficient (Wildman–Crippen LogP) is 1.26. The van der Waals surface area contributed by atoms with Gasteiger partial charge in [-0.25, -0.2) is 9.78 Å². The molecule has 104 valence electrons. The molecule has 0 saturated carbocycles. The molecule has 19 heavy (non-hydrogen) atoms. The van der Waals surface area contributed by atoms with Crippen molar-refractivity contribution in [3.05, 3.63) is 27.9 Å². The Morgan fingerprint density at radius 3 is 2.68 bits per heavy atom. The lowest BCUT2D eigenvalue weighted by molar-refractivity contribution is -0.385. The molecule has 0 aliphatic heterocycles. The molecule has 0 fully saturated rings. The molecule has 0 radical (unpaired) electrons. The predicted molar refractivity (Wildman–Crippen MR) is 67.2 cm³/mol. The maximum Gasteiger partial charge on any atom is 0.339 e. The number of anilines is 1. The molecule has 1 aromatic heterocycles. The maximum absolute atomic E-state index is 11.0. The highest BCUT2D eigenvalue weighted by Crippen LogP contribution is 2.20. The van der Waals surface area contributed by atoms with Crippen molar-refractivity contribution in [2.24, 2.45) is 0 Å². The highest BCUT2D eigenvalue weighted by atomic mass is 16.6. The Morgan fingerprint density at radius 1 is 1.58 bits per heavy atom. The number of hydrogen-bond donors (Lipinski definition) is 3. The zero-order valence-corrected chi connectivity index (χ0v) is 10.5. The summed E-state index contributed by atoms with van der Waals surface area (Å²) in [5.74, 6) is -1.26. The van der Waals surface area contributed by atoms with Crippen LogP contribution < -0.4 is 5.32 Å². The molecule has 3 N–H and O–H groups in total. The van der Waals surface area contributed by atoms with E-state index < -0.39 is 17.0 Å². The number of aliphatic hydroxyl groups excluding tert-OH is 1. The Labute approximate surface area is 109 Å². The minimum absolute atomic E-state index is 0.0475. The van der Waals surface area contributed by atoms with Crippen LogP contribution in [0.4, 0.5) is 11.5 Å². The first kappa shape index (κ1) is 14.8. The summed E-state index contributed by atoms with van der Waals surface area (Å²) < 4.78 is 0. The monoisotopic (exact) mass is 269 g/mol. The molecule has 0 aliphatic carbocycles. The Morgan fingerprint density at radius 2 is 2.21 bits per heavy atom. The minimum Gasteiger partial charge on any atom is -0.478 e. The van der Waals surface area contributed by atoms with E-state index in [1.165, 1.54) is 0 Å². The minimum atomic E-state index is -1.30. The zero-order chi connectivity index (χ0) is 14.6. The SMILES string of the molecule is CC(O)CC(C)Nc1ncc([N+](=O)[O-])cc1C(=O)O. The van der Waals surface area contributed by atoms with E-state index in [1.807, 2.05) is 0 Å². The molecule has 1 heterocycles. The van der Waals surface area contributed by atoms with E-state index in [1.54, 1.807) is 13.8 Å². The van der Waals surface area contributed by atoms with Gasteiger partial charge in [-0.1, -0.05) is 0 Å². The van der Waals surface area contributed by atoms with Gasteiger partial charge in [-0.2, -0.15) is 0 Å². The van der Waals surface area contributed by atoms with Crippen LogP contribution in [0, 0.1) is 10.1 Å². The van der Waals surface area contributed by atoms with Gasteiger partial charge >= 0.3 is 5.97 Å². The number of rotatable bonds is 6. The van der Waals surface area contributed by atoms with E-state index in [2.05, 4.69) is 10.3 Å². The van der Waals surface area contributed by atoms with Crippen LogP contribution >= 0.6 is 0 Å². The number of nitrogens with one attached hydrogen (secondary N) is 1. The lowest BCUT2D eigenvalue weighted by atomic mass is 10.1. The van der Waals surface area contributed by atoms with Crippen molar-refractivity contribution in [3.8, 4) is 0 Å². The molecule has 8 nitrogen and oxygen atoms in total. The van der Waals surface area contributed by atoms with Crippen molar-refractivity contribution in [2.45, 2.75) is 32.4 Å². The molecule has 8 heteroatoms. The third-order valence-electron chi connectivity index (χ3n) is 2.39. The first-order chi connectivity index (χ1) is 8.81. The average Bonchev–Trinajstić information content (AvgIpc) is 2.27. The van der Waals surface area contributed by atoms with Crippen LogP contribution in [0.15, 0.2) is 12.3 Å². The molecule has 1 rings (SSSR count). The van der Waals surface area contributed by atoms with Crippen molar-refractivity contribution in [3.63, 3.8) is 0 Å². The van der Waals surface area contributed by atoms with E-state index in [4.69, 9.17) is 5.11 Å². The summed E-state index contributed by atoms with van der Waals surface area (Å²) in [6.45, 7) is 3.36. The number of hydrogen-bond acceptors (Lipinski definition) is 6. The number of carboxylic acid groups (broad SMARTS) is 1. The highest BCUT2D eigenvalue weighted by Gasteiger charge is 2.19. The second kappa shape index (κ2) is 6.10. The Kier molecular flexibility index (Phi) is 4.76. The van der Waals surface area contributed by atoms with Gasteiger partial charge in [-0.3, -0.25) is 10.1 Å². The van der Waals surface area contributed by atoms with Crippen LogP contribution in [-0.2, 0) is 0 Å². The number of nitro groups is 1. The Bertz CT molecular complexity index is 489. The maximum atomic E-state index is 11.0. The van der Waals surface area contributed by atoms with Gasteiger partial charge < -0.3 is 15.5 Å². The number of aromatic nitrogens is 1. The number of aromatic carboxylic acids is 1. The van der Waals surface area contributed by atoms with Gasteiger partial charge in [-0.05, 0) is 20.3 Å². The average molecular weight is 269 g/mol. The topological polar surface area (TPSA) is 126 Å².